The molecule has 6 heteroatoms. The minimum absolute atomic E-state index is 0.00185. The number of carbonyl (C=O) groups is 2. The van der Waals surface area contributed by atoms with Crippen LogP contribution in [0.1, 0.15) is 50.7 Å². The molecule has 0 bridgehead atoms. The minimum atomic E-state index is -0.642. The van der Waals surface area contributed by atoms with Crippen LogP contribution in [0.15, 0.2) is 66.7 Å². The second-order valence-corrected chi connectivity index (χ2v) is 10.0. The maximum atomic E-state index is 12.7. The maximum Gasteiger partial charge on any atom is 0.411 e. The van der Waals surface area contributed by atoms with Crippen LogP contribution in [0.3, 0.4) is 0 Å². The Kier molecular flexibility index (Phi) is 6.94. The molecule has 0 atom stereocenters. The minimum Gasteiger partial charge on any atom is -0.448 e. The number of anilines is 1. The van der Waals surface area contributed by atoms with E-state index in [2.05, 4.69) is 50.4 Å². The average molecular weight is 478 g/mol. The van der Waals surface area contributed by atoms with Gasteiger partial charge in [-0.2, -0.15) is 0 Å². The van der Waals surface area contributed by atoms with Gasteiger partial charge in [0.2, 0.25) is 0 Å². The Bertz CT molecular complexity index is 1170. The third-order valence-electron chi connectivity index (χ3n) is 5.84. The number of nitrogens with one attached hydrogen (secondary N) is 1. The lowest BCUT2D eigenvalue weighted by atomic mass is 9.91. The Morgan fingerprint density at radius 2 is 1.53 bits per heavy atom. The number of carbonyl (C=O) groups excluding carboxylic acids is 2. The van der Waals surface area contributed by atoms with Crippen LogP contribution in [0.4, 0.5) is 10.5 Å². The summed E-state index contributed by atoms with van der Waals surface area (Å²) < 4.78 is 11.1. The number of hydrogen-bond acceptors (Lipinski definition) is 4. The largest absolute Gasteiger partial charge is 0.448 e. The lowest BCUT2D eigenvalue weighted by Crippen LogP contribution is -2.19. The molecular weight excluding hydrogens is 450 g/mol. The summed E-state index contributed by atoms with van der Waals surface area (Å²) in [6.45, 7) is 6.35. The molecule has 3 aromatic rings. The van der Waals surface area contributed by atoms with Gasteiger partial charge in [-0.25, -0.2) is 4.79 Å². The molecule has 1 N–H and O–H groups in total. The highest BCUT2D eigenvalue weighted by atomic mass is 35.5. The number of amides is 1. The van der Waals surface area contributed by atoms with E-state index in [1.165, 1.54) is 0 Å². The van der Waals surface area contributed by atoms with E-state index < -0.39 is 12.1 Å². The Hall–Kier alpha value is -3.31. The number of esters is 1. The van der Waals surface area contributed by atoms with Gasteiger partial charge in [-0.05, 0) is 46.2 Å². The first-order valence-corrected chi connectivity index (χ1v) is 11.7. The van der Waals surface area contributed by atoms with Crippen LogP contribution in [0.25, 0.3) is 11.1 Å². The van der Waals surface area contributed by atoms with Crippen molar-refractivity contribution in [3.63, 3.8) is 0 Å². The third kappa shape index (κ3) is 5.42. The second-order valence-electron chi connectivity index (χ2n) is 9.60. The van der Waals surface area contributed by atoms with E-state index in [4.69, 9.17) is 21.1 Å². The molecule has 1 aliphatic rings. The number of ether oxygens (including phenoxy) is 2. The van der Waals surface area contributed by atoms with Crippen molar-refractivity contribution in [2.75, 3.05) is 11.9 Å². The van der Waals surface area contributed by atoms with E-state index in [-0.39, 0.29) is 40.8 Å². The molecule has 0 aromatic heterocycles. The van der Waals surface area contributed by atoms with Crippen molar-refractivity contribution >= 4 is 29.4 Å². The number of halogens is 1. The van der Waals surface area contributed by atoms with Gasteiger partial charge in [0.15, 0.2) is 5.75 Å². The standard InChI is InChI=1S/C28H28ClNO4/c1-28(2,3)16-15-25(31)34-26-23(29)13-8-14-24(26)30-27(32)33-17-22-20-11-6-4-9-18(20)19-10-5-7-12-21(19)22/h4-14,22H,15-17H2,1-3H3,(H,30,32). The predicted octanol–water partition coefficient (Wildman–Crippen LogP) is 7.43. The topological polar surface area (TPSA) is 64.6 Å². The van der Waals surface area contributed by atoms with Gasteiger partial charge in [0, 0.05) is 12.3 Å². The zero-order chi connectivity index (χ0) is 24.3. The third-order valence-corrected chi connectivity index (χ3v) is 6.14. The number of rotatable bonds is 6. The van der Waals surface area contributed by atoms with Crippen LogP contribution in [0, 0.1) is 5.41 Å². The smallest absolute Gasteiger partial charge is 0.411 e. The van der Waals surface area contributed by atoms with Crippen LogP contribution < -0.4 is 10.1 Å². The predicted molar refractivity (Wildman–Crippen MR) is 134 cm³/mol. The van der Waals surface area contributed by atoms with Gasteiger partial charge in [0.25, 0.3) is 0 Å². The van der Waals surface area contributed by atoms with Crippen molar-refractivity contribution in [2.24, 2.45) is 5.41 Å². The molecule has 0 aliphatic heterocycles. The maximum absolute atomic E-state index is 12.7. The zero-order valence-corrected chi connectivity index (χ0v) is 20.3. The highest BCUT2D eigenvalue weighted by molar-refractivity contribution is 6.32. The first kappa shape index (κ1) is 23.8. The van der Waals surface area contributed by atoms with Crippen molar-refractivity contribution in [1.82, 2.24) is 0 Å². The summed E-state index contributed by atoms with van der Waals surface area (Å²) in [7, 11) is 0. The first-order valence-electron chi connectivity index (χ1n) is 11.3. The Labute approximate surface area is 205 Å². The quantitative estimate of drug-likeness (QED) is 0.296. The molecule has 3 aromatic carbocycles. The number of hydrogen-bond donors (Lipinski definition) is 1. The lowest BCUT2D eigenvalue weighted by molar-refractivity contribution is -0.134. The first-order chi connectivity index (χ1) is 16.2. The van der Waals surface area contributed by atoms with E-state index >= 15 is 0 Å². The van der Waals surface area contributed by atoms with Crippen molar-refractivity contribution < 1.29 is 19.1 Å². The second kappa shape index (κ2) is 9.90. The van der Waals surface area contributed by atoms with E-state index in [1.807, 2.05) is 24.3 Å². The van der Waals surface area contributed by atoms with Gasteiger partial charge < -0.3 is 9.47 Å². The molecule has 0 spiro atoms. The van der Waals surface area contributed by atoms with Crippen molar-refractivity contribution in [1.29, 1.82) is 0 Å². The Morgan fingerprint density at radius 3 is 2.15 bits per heavy atom. The molecule has 0 fully saturated rings. The molecule has 4 rings (SSSR count). The summed E-state index contributed by atoms with van der Waals surface area (Å²) in [5, 5.41) is 2.91. The average Bonchev–Trinajstić information content (AvgIpc) is 3.12. The molecule has 34 heavy (non-hydrogen) atoms. The number of fused-ring (bicyclic) bond motifs is 3. The summed E-state index contributed by atoms with van der Waals surface area (Å²) >= 11 is 6.27. The van der Waals surface area contributed by atoms with E-state index in [0.29, 0.717) is 6.42 Å². The highest BCUT2D eigenvalue weighted by Crippen LogP contribution is 2.44. The summed E-state index contributed by atoms with van der Waals surface area (Å²) in [5.74, 6) is -0.331. The van der Waals surface area contributed by atoms with E-state index in [1.54, 1.807) is 18.2 Å². The summed E-state index contributed by atoms with van der Waals surface area (Å²) in [6.07, 6.45) is 0.279. The zero-order valence-electron chi connectivity index (χ0n) is 19.6. The van der Waals surface area contributed by atoms with Gasteiger partial charge in [-0.1, -0.05) is 87.0 Å². The molecule has 5 nitrogen and oxygen atoms in total. The Morgan fingerprint density at radius 1 is 0.912 bits per heavy atom. The molecule has 1 aliphatic carbocycles. The van der Waals surface area contributed by atoms with Crippen LogP contribution >= 0.6 is 11.6 Å². The molecule has 176 valence electrons. The van der Waals surface area contributed by atoms with Crippen molar-refractivity contribution in [2.45, 2.75) is 39.5 Å². The molecule has 0 radical (unpaired) electrons. The monoisotopic (exact) mass is 477 g/mol. The molecule has 0 unspecified atom stereocenters. The molecule has 0 saturated heterocycles. The van der Waals surface area contributed by atoms with Gasteiger partial charge in [-0.15, -0.1) is 0 Å². The van der Waals surface area contributed by atoms with Gasteiger partial charge in [-0.3, -0.25) is 10.1 Å². The summed E-state index contributed by atoms with van der Waals surface area (Å²) in [4.78, 5) is 25.0. The fraction of sp³-hybridized carbons (Fsp3) is 0.286. The van der Waals surface area contributed by atoms with Crippen LogP contribution in [0.5, 0.6) is 5.75 Å². The Balaban J connectivity index is 1.43. The normalized spacial score (nSPS) is 12.6. The summed E-state index contributed by atoms with van der Waals surface area (Å²) in [6, 6.07) is 21.2. The van der Waals surface area contributed by atoms with Crippen LogP contribution in [-0.2, 0) is 9.53 Å². The van der Waals surface area contributed by atoms with Crippen LogP contribution in [0.2, 0.25) is 5.02 Å². The fourth-order valence-electron chi connectivity index (χ4n) is 4.10. The number of para-hydroxylation sites is 1. The molecule has 1 amide bonds. The fourth-order valence-corrected chi connectivity index (χ4v) is 4.31. The van der Waals surface area contributed by atoms with Crippen molar-refractivity contribution in [3.8, 4) is 16.9 Å². The van der Waals surface area contributed by atoms with E-state index in [9.17, 15) is 9.59 Å². The van der Waals surface area contributed by atoms with E-state index in [0.717, 1.165) is 22.3 Å². The van der Waals surface area contributed by atoms with Gasteiger partial charge >= 0.3 is 12.1 Å². The molecule has 0 heterocycles. The lowest BCUT2D eigenvalue weighted by Gasteiger charge is -2.18. The SMILES string of the molecule is CC(C)(C)CCC(=O)Oc1c(Cl)cccc1NC(=O)OCC1c2ccccc2-c2ccccc21. The van der Waals surface area contributed by atoms with Gasteiger partial charge in [0.05, 0.1) is 10.7 Å². The molecule has 0 saturated carbocycles. The molecular formula is C28H28ClNO4. The van der Waals surface area contributed by atoms with Gasteiger partial charge in [0.1, 0.15) is 6.61 Å². The highest BCUT2D eigenvalue weighted by Gasteiger charge is 2.29. The summed E-state index contributed by atoms with van der Waals surface area (Å²) in [5.41, 5.74) is 4.87. The number of benzene rings is 3. The van der Waals surface area contributed by atoms with Crippen molar-refractivity contribution in [3.05, 3.63) is 82.9 Å². The van der Waals surface area contributed by atoms with Crippen LogP contribution in [-0.4, -0.2) is 18.7 Å².